The van der Waals surface area contributed by atoms with Crippen molar-refractivity contribution in [2.45, 2.75) is 25.9 Å². The van der Waals surface area contributed by atoms with Crippen molar-refractivity contribution < 1.29 is 14.3 Å². The summed E-state index contributed by atoms with van der Waals surface area (Å²) in [4.78, 5) is 18.1. The number of hydrogen-bond acceptors (Lipinski definition) is 3. The zero-order valence-electron chi connectivity index (χ0n) is 7.84. The largest absolute Gasteiger partial charge is 0.411 e. The van der Waals surface area contributed by atoms with Gasteiger partial charge in [0, 0.05) is 6.61 Å². The average molecular weight is 190 g/mol. The van der Waals surface area contributed by atoms with E-state index in [2.05, 4.69) is 6.58 Å². The molecule has 0 fully saturated rings. The van der Waals surface area contributed by atoms with Crippen LogP contribution in [0.4, 0.5) is 0 Å². The van der Waals surface area contributed by atoms with Crippen LogP contribution in [0.2, 0.25) is 12.6 Å². The van der Waals surface area contributed by atoms with E-state index < -0.39 is 8.56 Å². The predicted octanol–water partition coefficient (Wildman–Crippen LogP) is 1.03. The van der Waals surface area contributed by atoms with Crippen molar-refractivity contribution in [3.63, 3.8) is 0 Å². The maximum Gasteiger partial charge on any atom is 0.329 e. The molecule has 0 spiro atoms. The predicted molar refractivity (Wildman–Crippen MR) is 51.1 cm³/mol. The van der Waals surface area contributed by atoms with Gasteiger partial charge >= 0.3 is 8.56 Å². The summed E-state index contributed by atoms with van der Waals surface area (Å²) in [6.45, 7) is 8.24. The van der Waals surface area contributed by atoms with Gasteiger partial charge in [0.1, 0.15) is 0 Å². The molecule has 0 rings (SSSR count). The molecule has 0 aromatic rings. The molecule has 2 N–H and O–H groups in total. The van der Waals surface area contributed by atoms with Crippen LogP contribution in [0.1, 0.15) is 13.3 Å². The summed E-state index contributed by atoms with van der Waals surface area (Å²) >= 11 is 0. The van der Waals surface area contributed by atoms with Gasteiger partial charge in [0.2, 0.25) is 0 Å². The molecule has 0 bridgehead atoms. The smallest absolute Gasteiger partial charge is 0.329 e. The second-order valence-corrected chi connectivity index (χ2v) is 6.26. The van der Waals surface area contributed by atoms with Gasteiger partial charge in [0.15, 0.2) is 0 Å². The van der Waals surface area contributed by atoms with E-state index in [1.54, 1.807) is 0 Å². The quantitative estimate of drug-likeness (QED) is 0.373. The number of hydrogen-bond donors (Lipinski definition) is 2. The molecule has 72 valence electrons. The first-order chi connectivity index (χ1) is 5.42. The summed E-state index contributed by atoms with van der Waals surface area (Å²) in [5.74, 6) is 0. The molecule has 0 aromatic carbocycles. The highest BCUT2D eigenvalue weighted by Crippen LogP contribution is 2.04. The molecule has 12 heavy (non-hydrogen) atoms. The van der Waals surface area contributed by atoms with E-state index in [0.29, 0.717) is 25.7 Å². The minimum absolute atomic E-state index is 0.475. The Morgan fingerprint density at radius 3 is 2.50 bits per heavy atom. The molecule has 0 saturated carbocycles. The van der Waals surface area contributed by atoms with Crippen LogP contribution in [0.15, 0.2) is 12.2 Å². The summed E-state index contributed by atoms with van der Waals surface area (Å²) in [5.41, 5.74) is 0.989. The van der Waals surface area contributed by atoms with Crippen molar-refractivity contribution in [2.75, 3.05) is 13.2 Å². The summed E-state index contributed by atoms with van der Waals surface area (Å²) in [6, 6.07) is 0.475. The van der Waals surface area contributed by atoms with Crippen LogP contribution >= 0.6 is 0 Å². The Hall–Kier alpha value is -0.163. The summed E-state index contributed by atoms with van der Waals surface area (Å²) in [5, 5.41) is 0. The van der Waals surface area contributed by atoms with E-state index in [0.717, 1.165) is 5.57 Å². The third kappa shape index (κ3) is 9.84. The zero-order valence-corrected chi connectivity index (χ0v) is 8.84. The molecule has 4 heteroatoms. The second-order valence-electron chi connectivity index (χ2n) is 3.33. The molecule has 0 amide bonds. The van der Waals surface area contributed by atoms with Gasteiger partial charge in [-0.05, 0) is 25.9 Å². The topological polar surface area (TPSA) is 49.7 Å². The highest BCUT2D eigenvalue weighted by atomic mass is 28.4. The lowest BCUT2D eigenvalue weighted by atomic mass is 10.4. The fraction of sp³-hybridized carbons (Fsp3) is 0.750. The molecule has 3 nitrogen and oxygen atoms in total. The number of ether oxygens (including phenoxy) is 1. The first-order valence-corrected chi connectivity index (χ1v) is 6.69. The van der Waals surface area contributed by atoms with Crippen molar-refractivity contribution in [2.24, 2.45) is 0 Å². The maximum absolute atomic E-state index is 9.05. The lowest BCUT2D eigenvalue weighted by molar-refractivity contribution is 0.155. The Kier molecular flexibility index (Phi) is 5.40. The van der Waals surface area contributed by atoms with Crippen LogP contribution in [0, 0.1) is 0 Å². The second kappa shape index (κ2) is 5.48. The summed E-state index contributed by atoms with van der Waals surface area (Å²) in [6.07, 6.45) is 0.711. The molecule has 0 aliphatic carbocycles. The average Bonchev–Trinajstić information content (AvgIpc) is 1.83. The maximum atomic E-state index is 9.05. The molecular weight excluding hydrogens is 172 g/mol. The van der Waals surface area contributed by atoms with E-state index in [-0.39, 0.29) is 0 Å². The van der Waals surface area contributed by atoms with Gasteiger partial charge in [-0.2, -0.15) is 0 Å². The Bertz CT molecular complexity index is 140. The normalized spacial score (nSPS) is 11.7. The van der Waals surface area contributed by atoms with Gasteiger partial charge in [0.05, 0.1) is 6.61 Å². The van der Waals surface area contributed by atoms with Crippen LogP contribution in [0.3, 0.4) is 0 Å². The molecule has 0 radical (unpaired) electrons. The molecule has 0 atom stereocenters. The van der Waals surface area contributed by atoms with Crippen LogP contribution in [0.25, 0.3) is 0 Å². The molecule has 0 aliphatic rings. The van der Waals surface area contributed by atoms with Crippen molar-refractivity contribution in [3.05, 3.63) is 12.2 Å². The first-order valence-electron chi connectivity index (χ1n) is 4.09. The van der Waals surface area contributed by atoms with E-state index in [1.807, 2.05) is 6.92 Å². The molecule has 0 aliphatic heterocycles. The molecule has 0 unspecified atom stereocenters. The van der Waals surface area contributed by atoms with Gasteiger partial charge < -0.3 is 14.3 Å². The lowest BCUT2D eigenvalue weighted by Crippen LogP contribution is -2.29. The Balaban J connectivity index is 3.17. The molecule has 0 aromatic heterocycles. The van der Waals surface area contributed by atoms with Crippen LogP contribution < -0.4 is 0 Å². The third-order valence-corrected chi connectivity index (χ3v) is 2.59. The fourth-order valence-electron chi connectivity index (χ4n) is 0.756. The Labute approximate surface area is 74.9 Å². The third-order valence-electron chi connectivity index (χ3n) is 1.29. The van der Waals surface area contributed by atoms with Gasteiger partial charge in [-0.25, -0.2) is 0 Å². The first kappa shape index (κ1) is 11.8. The minimum Gasteiger partial charge on any atom is -0.411 e. The highest BCUT2D eigenvalue weighted by molar-refractivity contribution is 6.63. The Morgan fingerprint density at radius 2 is 2.08 bits per heavy atom. The van der Waals surface area contributed by atoms with E-state index >= 15 is 0 Å². The van der Waals surface area contributed by atoms with Gasteiger partial charge in [-0.1, -0.05) is 12.2 Å². The van der Waals surface area contributed by atoms with Crippen molar-refractivity contribution in [1.82, 2.24) is 0 Å². The summed E-state index contributed by atoms with van der Waals surface area (Å²) < 4.78 is 5.19. The van der Waals surface area contributed by atoms with E-state index in [9.17, 15) is 0 Å². The van der Waals surface area contributed by atoms with Crippen molar-refractivity contribution in [3.8, 4) is 0 Å². The van der Waals surface area contributed by atoms with Crippen LogP contribution in [0.5, 0.6) is 0 Å². The Morgan fingerprint density at radius 1 is 1.50 bits per heavy atom. The van der Waals surface area contributed by atoms with E-state index in [4.69, 9.17) is 14.3 Å². The summed E-state index contributed by atoms with van der Waals surface area (Å²) in [7, 11) is -2.84. The van der Waals surface area contributed by atoms with E-state index in [1.165, 1.54) is 6.55 Å². The molecular formula is C8H18O3Si. The molecule has 0 saturated heterocycles. The minimum atomic E-state index is -2.84. The highest BCUT2D eigenvalue weighted by Gasteiger charge is 2.19. The standard InChI is InChI=1S/C8H18O3Si/c1-8(2)7-11-5-4-6-12(3,9)10/h9-10H,1,4-7H2,2-3H3. The molecule has 0 heterocycles. The van der Waals surface area contributed by atoms with Crippen molar-refractivity contribution >= 4 is 8.56 Å². The van der Waals surface area contributed by atoms with Gasteiger partial charge in [0.25, 0.3) is 0 Å². The van der Waals surface area contributed by atoms with Gasteiger partial charge in [-0.15, -0.1) is 0 Å². The van der Waals surface area contributed by atoms with Crippen LogP contribution in [-0.2, 0) is 4.74 Å². The monoisotopic (exact) mass is 190 g/mol. The van der Waals surface area contributed by atoms with Crippen LogP contribution in [-0.4, -0.2) is 31.4 Å². The lowest BCUT2D eigenvalue weighted by Gasteiger charge is -2.11. The fourth-order valence-corrected chi connectivity index (χ4v) is 1.57. The number of rotatable bonds is 6. The zero-order chi connectivity index (χ0) is 9.61. The van der Waals surface area contributed by atoms with Gasteiger partial charge in [-0.3, -0.25) is 0 Å². The SMILES string of the molecule is C=C(C)COCCC[Si](C)(O)O. The van der Waals surface area contributed by atoms with Crippen molar-refractivity contribution in [1.29, 1.82) is 0 Å².